The number of benzene rings is 4. The molecule has 666 valence electrons. The number of carbonyl (C=O) groups is 6. The van der Waals surface area contributed by atoms with Gasteiger partial charge in [-0.3, -0.25) is 28.8 Å². The van der Waals surface area contributed by atoms with E-state index in [1.54, 1.807) is 19.9 Å². The van der Waals surface area contributed by atoms with Crippen molar-refractivity contribution in [1.29, 1.82) is 0 Å². The Labute approximate surface area is 718 Å². The lowest BCUT2D eigenvalue weighted by atomic mass is 9.46. The molecule has 5 aromatic rings. The molecule has 0 radical (unpaired) electrons. The molecule has 1 aromatic heterocycles. The maximum atomic E-state index is 13.3. The van der Waals surface area contributed by atoms with E-state index in [4.69, 9.17) is 33.2 Å². The van der Waals surface area contributed by atoms with Gasteiger partial charge < -0.3 is 52.9 Å². The fourth-order valence-corrected chi connectivity index (χ4v) is 21.7. The summed E-state index contributed by atoms with van der Waals surface area (Å²) in [5.41, 5.74) is -3.02. The van der Waals surface area contributed by atoms with Gasteiger partial charge in [0.25, 0.3) is 0 Å². The fourth-order valence-electron chi connectivity index (χ4n) is 18.8. The predicted molar refractivity (Wildman–Crippen MR) is 456 cm³/mol. The summed E-state index contributed by atoms with van der Waals surface area (Å²) in [6.07, 6.45) is 8.43. The van der Waals surface area contributed by atoms with Crippen LogP contribution in [0.5, 0.6) is 23.0 Å². The minimum Gasteiger partial charge on any atom is -0.748 e. The van der Waals surface area contributed by atoms with E-state index in [-0.39, 0.29) is 105 Å². The third-order valence-electron chi connectivity index (χ3n) is 27.9. The summed E-state index contributed by atoms with van der Waals surface area (Å²) in [5.74, 6) is 2.24. The van der Waals surface area contributed by atoms with E-state index < -0.39 is 79.6 Å². The van der Waals surface area contributed by atoms with Gasteiger partial charge >= 0.3 is 36.0 Å². The number of rotatable bonds is 23. The molecule has 4 aliphatic heterocycles. The first-order valence-electron chi connectivity index (χ1n) is 43.6. The number of aromatic nitrogens is 1. The van der Waals surface area contributed by atoms with Crippen LogP contribution in [-0.4, -0.2) is 118 Å². The summed E-state index contributed by atoms with van der Waals surface area (Å²) in [7, 11) is -5.35. The average Bonchev–Trinajstić information content (AvgIpc) is 1.63. The van der Waals surface area contributed by atoms with Crippen LogP contribution in [0.15, 0.2) is 136 Å². The number of nitrogens with zero attached hydrogens (tertiary/aromatic N) is 1. The average molecular weight is 1720 g/mol. The maximum absolute atomic E-state index is 13.3. The first kappa shape index (κ1) is 95.5. The lowest BCUT2D eigenvalue weighted by molar-refractivity contribution is -0.239. The number of anilines is 1. The SMILES string of the molecule is CCC(C)(C)C(=O)Nc1ncccc1O.CCC(C)(C)C(=O)OC(C)(C)C12CC3CC(CC(C3)C1)C2.CCC(C)(C)C(=O)OC12CC3CC(C1)CC(C(=O)OC(CS(=O)(=O)[O-])C(F)(F)F)(C3)C2.CCC(C)(C)C(=O)OC1C2CC3C(=O)OC1C3O2.CCC(C)c1ccc(OC(C)(C)CC)cc1.c1ccc([S+]2c3ccccc3Oc3ccccc32)cc1. The number of alkyl halides is 3. The van der Waals surface area contributed by atoms with E-state index in [1.165, 1.54) is 77.5 Å². The Morgan fingerprint density at radius 2 is 1.13 bits per heavy atom. The third kappa shape index (κ3) is 22.5. The van der Waals surface area contributed by atoms with Crippen molar-refractivity contribution in [2.24, 2.45) is 68.0 Å². The van der Waals surface area contributed by atoms with Crippen molar-refractivity contribution in [1.82, 2.24) is 4.98 Å². The molecule has 5 heterocycles. The summed E-state index contributed by atoms with van der Waals surface area (Å²) in [6, 6.07) is 38.9. The Balaban J connectivity index is 0.000000155. The van der Waals surface area contributed by atoms with E-state index >= 15 is 0 Å². The van der Waals surface area contributed by atoms with Gasteiger partial charge in [0.05, 0.1) is 49.6 Å². The van der Waals surface area contributed by atoms with Crippen LogP contribution in [0.3, 0.4) is 0 Å². The summed E-state index contributed by atoms with van der Waals surface area (Å²) in [5, 5.41) is 12.0. The Morgan fingerprint density at radius 3 is 1.64 bits per heavy atom. The number of hydrogen-bond donors (Lipinski definition) is 2. The lowest BCUT2D eigenvalue weighted by Crippen LogP contribution is -2.61. The number of para-hydroxylation sites is 2. The number of esters is 5. The number of fused-ring (bicyclic) bond motifs is 3. The molecule has 11 fully saturated rings. The molecule has 12 aliphatic rings. The molecular weight excluding hydrogens is 1590 g/mol. The van der Waals surface area contributed by atoms with Crippen molar-refractivity contribution in [3.05, 3.63) is 127 Å². The molecule has 8 aliphatic carbocycles. The molecule has 17 rings (SSSR count). The van der Waals surface area contributed by atoms with Crippen LogP contribution in [0.2, 0.25) is 0 Å². The minimum absolute atomic E-state index is 0.00100. The number of nitrogens with one attached hydrogen (secondary N) is 1. The first-order valence-corrected chi connectivity index (χ1v) is 46.4. The molecule has 2 N–H and O–H groups in total. The lowest BCUT2D eigenvalue weighted by Gasteiger charge is -2.61. The van der Waals surface area contributed by atoms with Gasteiger partial charge in [0.1, 0.15) is 39.6 Å². The summed E-state index contributed by atoms with van der Waals surface area (Å²) >= 11 is 0. The van der Waals surface area contributed by atoms with Gasteiger partial charge in [-0.1, -0.05) is 117 Å². The number of ether oxygens (including phenoxy) is 8. The van der Waals surface area contributed by atoms with Gasteiger partial charge in [0, 0.05) is 23.4 Å². The second kappa shape index (κ2) is 37.6. The van der Waals surface area contributed by atoms with Gasteiger partial charge in [-0.05, 0) is 287 Å². The topological polar surface area (TPSA) is 279 Å². The summed E-state index contributed by atoms with van der Waals surface area (Å²) in [4.78, 5) is 81.4. The van der Waals surface area contributed by atoms with E-state index in [9.17, 15) is 60.0 Å². The first-order chi connectivity index (χ1) is 56.5. The fraction of sp³-hybridized carbons (Fsp3) is 0.635. The van der Waals surface area contributed by atoms with Crippen LogP contribution in [-0.2, 0) is 78.2 Å². The zero-order valence-electron chi connectivity index (χ0n) is 74.4. The number of hydrogen-bond acceptors (Lipinski definition) is 19. The molecular formula is C96H131F3N2O18S2. The number of aromatic hydroxyl groups is 1. The zero-order valence-corrected chi connectivity index (χ0v) is 76.0. The molecule has 25 heteroatoms. The number of amides is 1. The molecule has 9 unspecified atom stereocenters. The highest BCUT2D eigenvalue weighted by Gasteiger charge is 2.67. The van der Waals surface area contributed by atoms with Crippen molar-refractivity contribution in [3.63, 3.8) is 0 Å². The number of halogens is 3. The van der Waals surface area contributed by atoms with Crippen molar-refractivity contribution in [3.8, 4) is 23.0 Å². The van der Waals surface area contributed by atoms with Crippen LogP contribution in [0.25, 0.3) is 0 Å². The van der Waals surface area contributed by atoms with Crippen LogP contribution >= 0.6 is 0 Å². The number of carbonyl (C=O) groups excluding carboxylic acids is 6. The standard InChI is InChI=1S/C20H29F3O7S.C19H32O2.C18H13OS.C15H24O.C13H18O5.C11H16N2O2/c1-4-17(2,3)15(24)30-19-8-12-5-13(9-19)7-18(6-12,11-19)16(25)29-14(20(21,22)23)10-31(26,27)28;1-6-17(2,3)16(20)21-18(4,5)19-10-13-7-14(11-19)9-15(8-13)12-19;1-2-8-14(9-3-1)20-17-12-6-4-10-15(17)19-16-11-5-7-13-18(16)20;1-6-12(3)13-8-10-14(11-9-13)16-15(4,5)7-2;1-4-13(2,3)12(15)18-9-7-5-6-8(16-7)10(9)17-11(6)14;1-4-11(2,3)10(15)13-9-8(14)6-5-7-12-9/h12-14H,4-11H2,1-3H3,(H,26,27,28);13-15H,6-12H2,1-5H3;1-13H;8-12H,6-7H2,1-5H3;6-10H,4-5H2,1-3H3;5-7,14H,4H2,1-3H3,(H,12,13,15)/q;;+1;;;/p-1. The molecule has 9 atom stereocenters. The Morgan fingerprint density at radius 1 is 0.620 bits per heavy atom. The van der Waals surface area contributed by atoms with Crippen molar-refractivity contribution >= 4 is 62.6 Å². The molecule has 20 nitrogen and oxygen atoms in total. The maximum Gasteiger partial charge on any atom is 0.426 e. The molecule has 3 saturated heterocycles. The third-order valence-corrected chi connectivity index (χ3v) is 30.9. The second-order valence-electron chi connectivity index (χ2n) is 39.3. The Hall–Kier alpha value is -7.74. The largest absolute Gasteiger partial charge is 0.748 e. The van der Waals surface area contributed by atoms with Gasteiger partial charge in [0.2, 0.25) is 21.8 Å². The highest BCUT2D eigenvalue weighted by molar-refractivity contribution is 7.97. The Bertz CT molecular complexity index is 4470. The van der Waals surface area contributed by atoms with E-state index in [0.29, 0.717) is 50.9 Å². The van der Waals surface area contributed by atoms with Gasteiger partial charge in [-0.25, -0.2) is 13.4 Å². The highest BCUT2D eigenvalue weighted by atomic mass is 32.2. The normalized spacial score (nSPS) is 26.8. The van der Waals surface area contributed by atoms with Gasteiger partial charge in [-0.2, -0.15) is 13.2 Å². The van der Waals surface area contributed by atoms with Gasteiger partial charge in [-0.15, -0.1) is 0 Å². The minimum atomic E-state index is -5.27. The predicted octanol–water partition coefficient (Wildman–Crippen LogP) is 21.1. The monoisotopic (exact) mass is 1720 g/mol. The zero-order chi connectivity index (χ0) is 89.0. The quantitative estimate of drug-likeness (QED) is 0.0261. The van der Waals surface area contributed by atoms with E-state index in [2.05, 4.69) is 149 Å². The van der Waals surface area contributed by atoms with E-state index in [1.807, 2.05) is 86.6 Å². The molecule has 0 spiro atoms. The summed E-state index contributed by atoms with van der Waals surface area (Å²) in [6.45, 7) is 37.9. The van der Waals surface area contributed by atoms with Gasteiger partial charge in [0.15, 0.2) is 40.2 Å². The van der Waals surface area contributed by atoms with Crippen molar-refractivity contribution in [2.75, 3.05) is 11.1 Å². The molecule has 1 amide bonds. The van der Waals surface area contributed by atoms with Crippen LogP contribution in [0, 0.1) is 68.0 Å². The Kier molecular flexibility index (Phi) is 29.7. The molecule has 121 heavy (non-hydrogen) atoms. The molecule has 4 aromatic carbocycles. The molecule has 8 saturated carbocycles. The van der Waals surface area contributed by atoms with Crippen LogP contribution in [0.1, 0.15) is 265 Å². The van der Waals surface area contributed by atoms with Crippen molar-refractivity contribution < 1.29 is 97.9 Å². The van der Waals surface area contributed by atoms with Crippen molar-refractivity contribution in [2.45, 2.75) is 328 Å². The molecule has 10 bridgehead atoms. The van der Waals surface area contributed by atoms with E-state index in [0.717, 1.165) is 60.7 Å². The van der Waals surface area contributed by atoms with Crippen LogP contribution < -0.4 is 14.8 Å². The second-order valence-corrected chi connectivity index (χ2v) is 42.7. The summed E-state index contributed by atoms with van der Waals surface area (Å²) < 4.78 is 118. The highest BCUT2D eigenvalue weighted by Crippen LogP contribution is 2.66. The number of pyridine rings is 1. The van der Waals surface area contributed by atoms with Crippen LogP contribution in [0.4, 0.5) is 19.0 Å². The smallest absolute Gasteiger partial charge is 0.426 e.